The number of nitrogens with one attached hydrogen (secondary N) is 2. The predicted octanol–water partition coefficient (Wildman–Crippen LogP) is 3.04. The van der Waals surface area contributed by atoms with E-state index in [9.17, 15) is 9.59 Å². The van der Waals surface area contributed by atoms with E-state index in [0.717, 1.165) is 43.0 Å². The number of hydrogen-bond donors (Lipinski definition) is 2. The molecule has 1 aliphatic rings. The van der Waals surface area contributed by atoms with Crippen LogP contribution in [0.4, 0.5) is 0 Å². The number of nitrogens with zero attached hydrogens (tertiary/aromatic N) is 3. The van der Waals surface area contributed by atoms with Crippen molar-refractivity contribution in [3.8, 4) is 11.4 Å². The second-order valence-electron chi connectivity index (χ2n) is 8.01. The van der Waals surface area contributed by atoms with Gasteiger partial charge >= 0.3 is 0 Å². The van der Waals surface area contributed by atoms with Crippen molar-refractivity contribution in [3.05, 3.63) is 58.5 Å². The molecule has 2 amide bonds. The second-order valence-corrected chi connectivity index (χ2v) is 8.96. The van der Waals surface area contributed by atoms with Crippen molar-refractivity contribution < 1.29 is 9.59 Å². The van der Waals surface area contributed by atoms with E-state index in [-0.39, 0.29) is 17.9 Å². The van der Waals surface area contributed by atoms with Gasteiger partial charge in [0.2, 0.25) is 5.91 Å². The first-order valence-electron chi connectivity index (χ1n) is 10.1. The number of carbonyl (C=O) groups excluding carboxylic acids is 2. The van der Waals surface area contributed by atoms with Crippen LogP contribution in [-0.2, 0) is 17.8 Å². The Morgan fingerprint density at radius 3 is 2.63 bits per heavy atom. The van der Waals surface area contributed by atoms with Crippen LogP contribution in [0.5, 0.6) is 0 Å². The summed E-state index contributed by atoms with van der Waals surface area (Å²) in [5.74, 6) is 1.39. The molecule has 0 fully saturated rings. The van der Waals surface area contributed by atoms with Crippen LogP contribution >= 0.6 is 11.3 Å². The van der Waals surface area contributed by atoms with E-state index >= 15 is 0 Å². The van der Waals surface area contributed by atoms with Gasteiger partial charge in [-0.2, -0.15) is 0 Å². The molecule has 1 atom stereocenters. The zero-order valence-electron chi connectivity index (χ0n) is 17.1. The van der Waals surface area contributed by atoms with Crippen molar-refractivity contribution in [3.63, 3.8) is 0 Å². The first-order chi connectivity index (χ1) is 14.4. The Morgan fingerprint density at radius 2 is 1.90 bits per heavy atom. The Morgan fingerprint density at radius 1 is 1.10 bits per heavy atom. The first kappa shape index (κ1) is 20.3. The highest BCUT2D eigenvalue weighted by Gasteiger charge is 2.32. The van der Waals surface area contributed by atoms with Gasteiger partial charge in [-0.1, -0.05) is 36.4 Å². The Balaban J connectivity index is 1.39. The molecule has 3 aromatic rings. The van der Waals surface area contributed by atoms with Gasteiger partial charge in [0.05, 0.1) is 4.88 Å². The lowest BCUT2D eigenvalue weighted by atomic mass is 10.0. The van der Waals surface area contributed by atoms with Gasteiger partial charge in [0.1, 0.15) is 11.4 Å². The summed E-state index contributed by atoms with van der Waals surface area (Å²) in [4.78, 5) is 25.8. The summed E-state index contributed by atoms with van der Waals surface area (Å²) >= 11 is 1.36. The van der Waals surface area contributed by atoms with Crippen LogP contribution in [0.15, 0.2) is 47.8 Å². The van der Waals surface area contributed by atoms with Gasteiger partial charge in [0.25, 0.3) is 5.91 Å². The first-order valence-corrected chi connectivity index (χ1v) is 11.0. The number of carbonyl (C=O) groups is 2. The molecule has 1 aliphatic heterocycles. The summed E-state index contributed by atoms with van der Waals surface area (Å²) in [7, 11) is 0. The van der Waals surface area contributed by atoms with Gasteiger partial charge in [0.15, 0.2) is 5.82 Å². The van der Waals surface area contributed by atoms with Crippen LogP contribution in [0.25, 0.3) is 11.4 Å². The van der Waals surface area contributed by atoms with E-state index in [1.54, 1.807) is 19.9 Å². The number of aromatic nitrogens is 3. The van der Waals surface area contributed by atoms with Crippen LogP contribution < -0.4 is 10.6 Å². The summed E-state index contributed by atoms with van der Waals surface area (Å²) in [5.41, 5.74) is 0.0358. The molecule has 0 spiro atoms. The fraction of sp³-hybridized carbons (Fsp3) is 0.364. The molecule has 7 nitrogen and oxygen atoms in total. The average Bonchev–Trinajstić information content (AvgIpc) is 3.37. The normalized spacial score (nSPS) is 16.4. The maximum Gasteiger partial charge on any atom is 0.262 e. The van der Waals surface area contributed by atoms with E-state index in [4.69, 9.17) is 0 Å². The molecule has 2 N–H and O–H groups in total. The smallest absolute Gasteiger partial charge is 0.262 e. The molecule has 8 heteroatoms. The standard InChI is InChI=1S/C22H25N5O2S/c1-22(2,24-20(28)17-9-6-14-30-17)21(29)23-16-10-11-18-25-26-19(27(18)13-12-16)15-7-4-3-5-8-15/h3-9,14,16H,10-13H2,1-2H3,(H,23,29)(H,24,28). The van der Waals surface area contributed by atoms with E-state index < -0.39 is 5.54 Å². The number of amides is 2. The molecular formula is C22H25N5O2S. The SMILES string of the molecule is CC(C)(NC(=O)c1cccs1)C(=O)NC1CCc2nnc(-c3ccccc3)n2CC1. The van der Waals surface area contributed by atoms with Gasteiger partial charge in [-0.15, -0.1) is 21.5 Å². The minimum Gasteiger partial charge on any atom is -0.351 e. The number of aryl methyl sites for hydroxylation is 1. The quantitative estimate of drug-likeness (QED) is 0.660. The summed E-state index contributed by atoms with van der Waals surface area (Å²) in [5, 5.41) is 16.5. The van der Waals surface area contributed by atoms with Gasteiger partial charge in [-0.05, 0) is 38.1 Å². The highest BCUT2D eigenvalue weighted by Crippen LogP contribution is 2.23. The molecule has 0 bridgehead atoms. The highest BCUT2D eigenvalue weighted by molar-refractivity contribution is 7.12. The van der Waals surface area contributed by atoms with E-state index in [1.165, 1.54) is 11.3 Å². The summed E-state index contributed by atoms with van der Waals surface area (Å²) in [6.45, 7) is 4.19. The third-order valence-electron chi connectivity index (χ3n) is 5.35. The molecule has 1 aromatic carbocycles. The van der Waals surface area contributed by atoms with Crippen LogP contribution in [0, 0.1) is 0 Å². The summed E-state index contributed by atoms with van der Waals surface area (Å²) < 4.78 is 2.14. The third-order valence-corrected chi connectivity index (χ3v) is 6.22. The van der Waals surface area contributed by atoms with Crippen molar-refractivity contribution in [2.24, 2.45) is 0 Å². The zero-order valence-corrected chi connectivity index (χ0v) is 17.9. The van der Waals surface area contributed by atoms with Crippen LogP contribution in [-0.4, -0.2) is 38.2 Å². The Kier molecular flexibility index (Phi) is 5.67. The molecule has 0 radical (unpaired) electrons. The number of thiophene rings is 1. The highest BCUT2D eigenvalue weighted by atomic mass is 32.1. The Bertz CT molecular complexity index is 1030. The molecule has 30 heavy (non-hydrogen) atoms. The Labute approximate surface area is 179 Å². The molecule has 4 rings (SSSR count). The van der Waals surface area contributed by atoms with Crippen molar-refractivity contribution in [1.82, 2.24) is 25.4 Å². The summed E-state index contributed by atoms with van der Waals surface area (Å²) in [6, 6.07) is 13.6. The van der Waals surface area contributed by atoms with E-state index in [0.29, 0.717) is 4.88 Å². The fourth-order valence-corrected chi connectivity index (χ4v) is 4.23. The van der Waals surface area contributed by atoms with E-state index in [1.807, 2.05) is 41.8 Å². The van der Waals surface area contributed by atoms with Crippen molar-refractivity contribution in [2.45, 2.75) is 51.2 Å². The predicted molar refractivity (Wildman–Crippen MR) is 116 cm³/mol. The van der Waals surface area contributed by atoms with Crippen LogP contribution in [0.2, 0.25) is 0 Å². The van der Waals surface area contributed by atoms with Crippen LogP contribution in [0.3, 0.4) is 0 Å². The Hall–Kier alpha value is -3.00. The third kappa shape index (κ3) is 4.28. The van der Waals surface area contributed by atoms with Gasteiger partial charge in [0, 0.05) is 24.6 Å². The van der Waals surface area contributed by atoms with E-state index in [2.05, 4.69) is 25.4 Å². The maximum atomic E-state index is 12.9. The molecule has 1 unspecified atom stereocenters. The second kappa shape index (κ2) is 8.39. The molecule has 0 saturated heterocycles. The average molecular weight is 424 g/mol. The number of fused-ring (bicyclic) bond motifs is 1. The lowest BCUT2D eigenvalue weighted by molar-refractivity contribution is -0.127. The lowest BCUT2D eigenvalue weighted by Gasteiger charge is -2.27. The minimum absolute atomic E-state index is 0.0146. The monoisotopic (exact) mass is 423 g/mol. The zero-order chi connectivity index (χ0) is 21.1. The van der Waals surface area contributed by atoms with Crippen molar-refractivity contribution in [1.29, 1.82) is 0 Å². The van der Waals surface area contributed by atoms with Gasteiger partial charge in [-0.3, -0.25) is 9.59 Å². The topological polar surface area (TPSA) is 88.9 Å². The lowest BCUT2D eigenvalue weighted by Crippen LogP contribution is -2.56. The number of benzene rings is 1. The van der Waals surface area contributed by atoms with Crippen LogP contribution in [0.1, 0.15) is 42.2 Å². The fourth-order valence-electron chi connectivity index (χ4n) is 3.61. The summed E-state index contributed by atoms with van der Waals surface area (Å²) in [6.07, 6.45) is 2.31. The molecule has 156 valence electrons. The minimum atomic E-state index is -1.00. The van der Waals surface area contributed by atoms with Crippen molar-refractivity contribution in [2.75, 3.05) is 0 Å². The van der Waals surface area contributed by atoms with Crippen molar-refractivity contribution >= 4 is 23.2 Å². The molecular weight excluding hydrogens is 398 g/mol. The van der Waals surface area contributed by atoms with Gasteiger partial charge in [-0.25, -0.2) is 0 Å². The molecule has 0 saturated carbocycles. The molecule has 3 heterocycles. The number of rotatable bonds is 5. The molecule has 0 aliphatic carbocycles. The maximum absolute atomic E-state index is 12.9. The van der Waals surface area contributed by atoms with Gasteiger partial charge < -0.3 is 15.2 Å². The largest absolute Gasteiger partial charge is 0.351 e. The molecule has 2 aromatic heterocycles. The number of hydrogen-bond acceptors (Lipinski definition) is 5.